The molecule has 0 unspecified atom stereocenters. The van der Waals surface area contributed by atoms with Gasteiger partial charge in [0.05, 0.1) is 0 Å². The van der Waals surface area contributed by atoms with Gasteiger partial charge in [0.1, 0.15) is 31.1 Å². The fourth-order valence-electron chi connectivity index (χ4n) is 3.25. The van der Waals surface area contributed by atoms with Gasteiger partial charge in [-0.25, -0.2) is 8.78 Å². The molecule has 0 saturated heterocycles. The van der Waals surface area contributed by atoms with Gasteiger partial charge in [-0.2, -0.15) is 0 Å². The molecule has 0 bridgehead atoms. The van der Waals surface area contributed by atoms with Crippen molar-refractivity contribution in [2.45, 2.75) is 19.6 Å². The summed E-state index contributed by atoms with van der Waals surface area (Å²) in [7, 11) is 0. The molecular weight excluding hydrogens is 386 g/mol. The second-order valence-electron chi connectivity index (χ2n) is 6.78. The lowest BCUT2D eigenvalue weighted by molar-refractivity contribution is -0.107. The molecule has 0 fully saturated rings. The quantitative estimate of drug-likeness (QED) is 0.478. The van der Waals surface area contributed by atoms with Crippen molar-refractivity contribution in [2.75, 3.05) is 18.5 Å². The molecule has 3 aromatic carbocycles. The highest BCUT2D eigenvalue weighted by Crippen LogP contribution is 2.29. The van der Waals surface area contributed by atoms with Gasteiger partial charge in [-0.1, -0.05) is 36.4 Å². The lowest BCUT2D eigenvalue weighted by Gasteiger charge is -2.15. The lowest BCUT2D eigenvalue weighted by atomic mass is 9.99. The number of carbonyl (C=O) groups excluding carboxylic acids is 1. The van der Waals surface area contributed by atoms with Crippen LogP contribution in [-0.4, -0.2) is 19.5 Å². The third-order valence-corrected chi connectivity index (χ3v) is 4.70. The number of hydrogen-bond acceptors (Lipinski definition) is 4. The van der Waals surface area contributed by atoms with Gasteiger partial charge in [0.25, 0.3) is 0 Å². The van der Waals surface area contributed by atoms with Gasteiger partial charge in [-0.15, -0.1) is 0 Å². The highest BCUT2D eigenvalue weighted by molar-refractivity contribution is 5.70. The normalized spacial score (nSPS) is 10.6. The maximum absolute atomic E-state index is 14.8. The summed E-state index contributed by atoms with van der Waals surface area (Å²) in [5.74, 6) is 0.246. The Morgan fingerprint density at radius 2 is 1.83 bits per heavy atom. The molecule has 0 aromatic heterocycles. The number of hydrogen-bond donors (Lipinski definition) is 2. The maximum Gasteiger partial charge on any atom is 0.135 e. The number of benzene rings is 3. The number of carbonyl (C=O) groups is 1. The molecular formula is C24H24F2N2O2. The van der Waals surface area contributed by atoms with E-state index in [-0.39, 0.29) is 31.9 Å². The standard InChI is InChI=1S/C24H24F2N2O2/c25-9-10-28-21-13-17(16-30-23-7-2-1-4-18(23)8-11-29)12-20(14-21)22-6-3-5-19(15-27)24(22)26/h1-7,11-14,28H,8-10,15-16,27H2. The number of para-hydroxylation sites is 1. The minimum absolute atomic E-state index is 0.100. The Hall–Kier alpha value is -3.25. The van der Waals surface area contributed by atoms with E-state index in [0.29, 0.717) is 28.1 Å². The summed E-state index contributed by atoms with van der Waals surface area (Å²) in [5, 5.41) is 3.00. The van der Waals surface area contributed by atoms with Crippen LogP contribution >= 0.6 is 0 Å². The van der Waals surface area contributed by atoms with Crippen LogP contribution in [0.15, 0.2) is 60.7 Å². The Morgan fingerprint density at radius 3 is 2.60 bits per heavy atom. The fraction of sp³-hybridized carbons (Fsp3) is 0.208. The van der Waals surface area contributed by atoms with Crippen molar-refractivity contribution in [3.63, 3.8) is 0 Å². The van der Waals surface area contributed by atoms with Gasteiger partial charge < -0.3 is 20.6 Å². The summed E-state index contributed by atoms with van der Waals surface area (Å²) in [6.07, 6.45) is 1.09. The number of aldehydes is 1. The van der Waals surface area contributed by atoms with Crippen LogP contribution < -0.4 is 15.8 Å². The third-order valence-electron chi connectivity index (χ3n) is 4.70. The summed E-state index contributed by atoms with van der Waals surface area (Å²) in [5.41, 5.74) is 9.37. The summed E-state index contributed by atoms with van der Waals surface area (Å²) in [6.45, 7) is -0.0570. The minimum atomic E-state index is -0.522. The molecule has 3 aromatic rings. The van der Waals surface area contributed by atoms with E-state index >= 15 is 0 Å². The van der Waals surface area contributed by atoms with Crippen molar-refractivity contribution < 1.29 is 18.3 Å². The molecule has 6 heteroatoms. The Morgan fingerprint density at radius 1 is 1.03 bits per heavy atom. The number of nitrogens with one attached hydrogen (secondary N) is 1. The number of halogens is 2. The van der Waals surface area contributed by atoms with Crippen LogP contribution in [0.25, 0.3) is 11.1 Å². The van der Waals surface area contributed by atoms with Crippen LogP contribution in [0, 0.1) is 5.82 Å². The predicted octanol–water partition coefficient (Wildman–Crippen LogP) is 4.65. The van der Waals surface area contributed by atoms with Crippen molar-refractivity contribution in [1.29, 1.82) is 0 Å². The van der Waals surface area contributed by atoms with Gasteiger partial charge >= 0.3 is 0 Å². The summed E-state index contributed by atoms with van der Waals surface area (Å²) in [6, 6.07) is 17.9. The third kappa shape index (κ3) is 5.21. The van der Waals surface area contributed by atoms with E-state index in [1.54, 1.807) is 30.3 Å². The first-order chi connectivity index (χ1) is 14.7. The smallest absolute Gasteiger partial charge is 0.135 e. The molecule has 156 valence electrons. The maximum atomic E-state index is 14.8. The molecule has 0 heterocycles. The van der Waals surface area contributed by atoms with E-state index in [0.717, 1.165) is 17.4 Å². The number of nitrogens with two attached hydrogens (primary N) is 1. The van der Waals surface area contributed by atoms with Crippen LogP contribution in [0.1, 0.15) is 16.7 Å². The van der Waals surface area contributed by atoms with E-state index in [1.807, 2.05) is 30.3 Å². The lowest BCUT2D eigenvalue weighted by Crippen LogP contribution is -2.06. The summed E-state index contributed by atoms with van der Waals surface area (Å²) >= 11 is 0. The fourth-order valence-corrected chi connectivity index (χ4v) is 3.25. The molecule has 0 spiro atoms. The molecule has 0 radical (unpaired) electrons. The van der Waals surface area contributed by atoms with Crippen LogP contribution in [0.2, 0.25) is 0 Å². The molecule has 30 heavy (non-hydrogen) atoms. The van der Waals surface area contributed by atoms with Gasteiger partial charge in [-0.3, -0.25) is 0 Å². The largest absolute Gasteiger partial charge is 0.489 e. The first kappa shape index (κ1) is 21.5. The van der Waals surface area contributed by atoms with Crippen LogP contribution in [0.3, 0.4) is 0 Å². The molecule has 0 atom stereocenters. The van der Waals surface area contributed by atoms with E-state index in [2.05, 4.69) is 5.32 Å². The number of alkyl halides is 1. The molecule has 3 N–H and O–H groups in total. The molecule has 0 aliphatic carbocycles. The highest BCUT2D eigenvalue weighted by atomic mass is 19.1. The zero-order valence-electron chi connectivity index (χ0n) is 16.5. The number of anilines is 1. The zero-order chi connectivity index (χ0) is 21.3. The molecule has 0 saturated carbocycles. The van der Waals surface area contributed by atoms with E-state index in [9.17, 15) is 13.6 Å². The second-order valence-corrected chi connectivity index (χ2v) is 6.78. The van der Waals surface area contributed by atoms with Crippen molar-refractivity contribution in [2.24, 2.45) is 5.73 Å². The molecule has 3 rings (SSSR count). The number of rotatable bonds is 10. The number of ether oxygens (including phenoxy) is 1. The zero-order valence-corrected chi connectivity index (χ0v) is 16.5. The van der Waals surface area contributed by atoms with Crippen molar-refractivity contribution in [3.8, 4) is 16.9 Å². The highest BCUT2D eigenvalue weighted by Gasteiger charge is 2.12. The Balaban J connectivity index is 1.93. The van der Waals surface area contributed by atoms with Crippen LogP contribution in [0.5, 0.6) is 5.75 Å². The van der Waals surface area contributed by atoms with Gasteiger partial charge in [0.15, 0.2) is 0 Å². The average Bonchev–Trinajstić information content (AvgIpc) is 2.77. The van der Waals surface area contributed by atoms with Crippen molar-refractivity contribution in [1.82, 2.24) is 0 Å². The van der Waals surface area contributed by atoms with Crippen molar-refractivity contribution in [3.05, 3.63) is 83.2 Å². The Bertz CT molecular complexity index is 1010. The average molecular weight is 410 g/mol. The Kier molecular flexibility index (Phi) is 7.51. The minimum Gasteiger partial charge on any atom is -0.489 e. The van der Waals surface area contributed by atoms with Gasteiger partial charge in [-0.05, 0) is 35.4 Å². The van der Waals surface area contributed by atoms with Gasteiger partial charge in [0.2, 0.25) is 0 Å². The molecule has 0 amide bonds. The predicted molar refractivity (Wildman–Crippen MR) is 115 cm³/mol. The SMILES string of the molecule is NCc1cccc(-c2cc(COc3ccccc3CC=O)cc(NCCF)c2)c1F. The molecule has 4 nitrogen and oxygen atoms in total. The second kappa shape index (κ2) is 10.5. The van der Waals surface area contributed by atoms with E-state index in [1.165, 1.54) is 0 Å². The summed E-state index contributed by atoms with van der Waals surface area (Å²) in [4.78, 5) is 10.9. The Labute approximate surface area is 174 Å². The van der Waals surface area contributed by atoms with Crippen molar-refractivity contribution >= 4 is 12.0 Å². The molecule has 0 aliphatic rings. The van der Waals surface area contributed by atoms with Gasteiger partial charge in [0, 0.05) is 41.9 Å². The van der Waals surface area contributed by atoms with E-state index in [4.69, 9.17) is 10.5 Å². The first-order valence-electron chi connectivity index (χ1n) is 9.72. The first-order valence-corrected chi connectivity index (χ1v) is 9.72. The van der Waals surface area contributed by atoms with Crippen LogP contribution in [-0.2, 0) is 24.4 Å². The molecule has 0 aliphatic heterocycles. The monoisotopic (exact) mass is 410 g/mol. The van der Waals surface area contributed by atoms with Crippen LogP contribution in [0.4, 0.5) is 14.5 Å². The van der Waals surface area contributed by atoms with E-state index < -0.39 is 6.67 Å². The summed E-state index contributed by atoms with van der Waals surface area (Å²) < 4.78 is 33.4. The topological polar surface area (TPSA) is 64.3 Å².